The number of hydrogen-bond donors (Lipinski definition) is 1. The summed E-state index contributed by atoms with van der Waals surface area (Å²) in [5.74, 6) is -0.516. The minimum atomic E-state index is -1.15. The zero-order chi connectivity index (χ0) is 36.0. The van der Waals surface area contributed by atoms with E-state index in [0.717, 1.165) is 27.5 Å². The van der Waals surface area contributed by atoms with Gasteiger partial charge in [0.1, 0.15) is 16.2 Å². The van der Waals surface area contributed by atoms with Crippen LogP contribution >= 0.6 is 22.7 Å². The molecule has 1 N–H and O–H groups in total. The third-order valence-corrected chi connectivity index (χ3v) is 12.4. The molecule has 2 atom stereocenters. The van der Waals surface area contributed by atoms with E-state index >= 15 is 0 Å². The van der Waals surface area contributed by atoms with Crippen molar-refractivity contribution >= 4 is 45.5 Å². The summed E-state index contributed by atoms with van der Waals surface area (Å²) in [4.78, 5) is 59.7. The van der Waals surface area contributed by atoms with Gasteiger partial charge < -0.3 is 19.5 Å². The van der Waals surface area contributed by atoms with Gasteiger partial charge in [-0.1, -0.05) is 30.3 Å². The van der Waals surface area contributed by atoms with E-state index in [1.54, 1.807) is 23.6 Å². The Morgan fingerprint density at radius 2 is 1.79 bits per heavy atom. The fraction of sp³-hybridized carbons (Fsp3) is 0.333. The Labute approximate surface area is 308 Å². The molecule has 8 rings (SSSR count). The summed E-state index contributed by atoms with van der Waals surface area (Å²) in [7, 11) is 0. The fourth-order valence-corrected chi connectivity index (χ4v) is 9.20. The van der Waals surface area contributed by atoms with Crippen molar-refractivity contribution < 1.29 is 14.7 Å². The Morgan fingerprint density at radius 3 is 2.52 bits per heavy atom. The minimum absolute atomic E-state index is 0.0427. The standard InChI is InChI=1S/C39H39N7O4S2/c1-25-8-9-28(20-40-25)35-42-26(2)33(52-35)38(49)44-15-10-30(32(21-44)27-6-4-3-5-7-27)36(47)43-17-13-39(50,14-18-43)23-45-24-41-34-31(37(45)48)11-16-46(34)29-12-19-51-22-29/h3-9,11-12,16,19-20,22,24,30,32,50H,10,13-15,17-18,21,23H2,1-2H3/t30-,32+/m1/s1. The molecule has 0 spiro atoms. The fourth-order valence-electron chi connectivity index (χ4n) is 7.55. The Bertz CT molecular complexity index is 2290. The van der Waals surface area contributed by atoms with Crippen LogP contribution in [0.25, 0.3) is 27.3 Å². The number of hydrogen-bond acceptors (Lipinski definition) is 9. The van der Waals surface area contributed by atoms with Gasteiger partial charge in [0.05, 0.1) is 28.9 Å². The molecule has 6 aromatic rings. The molecule has 2 aliphatic heterocycles. The molecule has 0 aliphatic carbocycles. The maximum atomic E-state index is 14.3. The average Bonchev–Trinajstić information content (AvgIpc) is 3.94. The van der Waals surface area contributed by atoms with Gasteiger partial charge in [0.2, 0.25) is 5.91 Å². The van der Waals surface area contributed by atoms with Crippen molar-refractivity contribution in [2.75, 3.05) is 26.2 Å². The summed E-state index contributed by atoms with van der Waals surface area (Å²) in [6.45, 7) is 5.55. The number of rotatable bonds is 7. The highest BCUT2D eigenvalue weighted by atomic mass is 32.1. The lowest BCUT2D eigenvalue weighted by Gasteiger charge is -2.43. The van der Waals surface area contributed by atoms with Crippen molar-refractivity contribution in [3.8, 4) is 16.3 Å². The number of aryl methyl sites for hydroxylation is 2. The zero-order valence-corrected chi connectivity index (χ0v) is 30.6. The van der Waals surface area contributed by atoms with Gasteiger partial charge in [-0.2, -0.15) is 11.3 Å². The first kappa shape index (κ1) is 34.1. The maximum Gasteiger partial charge on any atom is 0.265 e. The SMILES string of the molecule is Cc1ccc(-c2nc(C)c(C(=O)N3CC[C@@H](C(=O)N4CCC(O)(Cn5cnc6c(ccn6-c6ccsc6)c5=O)CC4)[C@H](c4ccccc4)C3)s2)cn1. The topological polar surface area (TPSA) is 126 Å². The number of pyridine rings is 1. The van der Waals surface area contributed by atoms with Crippen molar-refractivity contribution in [3.05, 3.63) is 116 Å². The molecule has 52 heavy (non-hydrogen) atoms. The lowest BCUT2D eigenvalue weighted by molar-refractivity contribution is -0.142. The van der Waals surface area contributed by atoms with Crippen LogP contribution in [0.2, 0.25) is 0 Å². The molecule has 0 saturated carbocycles. The third-order valence-electron chi connectivity index (χ3n) is 10.5. The molecular weight excluding hydrogens is 695 g/mol. The molecule has 11 nitrogen and oxygen atoms in total. The van der Waals surface area contributed by atoms with Crippen LogP contribution in [0.15, 0.2) is 88.9 Å². The molecule has 0 unspecified atom stereocenters. The van der Waals surface area contributed by atoms with E-state index in [9.17, 15) is 19.5 Å². The molecule has 2 saturated heterocycles. The first-order valence-electron chi connectivity index (χ1n) is 17.5. The first-order valence-corrected chi connectivity index (χ1v) is 19.3. The highest BCUT2D eigenvalue weighted by Crippen LogP contribution is 2.37. The van der Waals surface area contributed by atoms with Crippen LogP contribution in [0.5, 0.6) is 0 Å². The summed E-state index contributed by atoms with van der Waals surface area (Å²) in [6.07, 6.45) is 6.36. The normalized spacial score (nSPS) is 18.9. The molecular formula is C39H39N7O4S2. The van der Waals surface area contributed by atoms with Crippen LogP contribution in [0.1, 0.15) is 51.8 Å². The van der Waals surface area contributed by atoms with Gasteiger partial charge in [0.25, 0.3) is 11.5 Å². The molecule has 1 aromatic carbocycles. The number of carbonyl (C=O) groups is 2. The van der Waals surface area contributed by atoms with E-state index in [2.05, 4.69) is 9.97 Å². The van der Waals surface area contributed by atoms with Gasteiger partial charge in [-0.05, 0) is 68.3 Å². The lowest BCUT2D eigenvalue weighted by atomic mass is 9.79. The number of carbonyl (C=O) groups excluding carboxylic acids is 2. The van der Waals surface area contributed by atoms with Crippen LogP contribution in [0, 0.1) is 19.8 Å². The molecule has 13 heteroatoms. The molecule has 2 fully saturated rings. The maximum absolute atomic E-state index is 14.3. The Balaban J connectivity index is 0.955. The van der Waals surface area contributed by atoms with E-state index < -0.39 is 5.60 Å². The Morgan fingerprint density at radius 1 is 0.981 bits per heavy atom. The number of thiophene rings is 1. The summed E-state index contributed by atoms with van der Waals surface area (Å²) in [6, 6.07) is 17.6. The third kappa shape index (κ3) is 6.48. The van der Waals surface area contributed by atoms with Gasteiger partial charge >= 0.3 is 0 Å². The number of aliphatic hydroxyl groups is 1. The molecule has 2 amide bonds. The van der Waals surface area contributed by atoms with E-state index in [1.807, 2.05) is 93.7 Å². The number of fused-ring (bicyclic) bond motifs is 1. The molecule has 266 valence electrons. The number of benzene rings is 1. The summed E-state index contributed by atoms with van der Waals surface area (Å²) < 4.78 is 3.38. The van der Waals surface area contributed by atoms with Crippen molar-refractivity contribution in [2.45, 2.75) is 51.2 Å². The summed E-state index contributed by atoms with van der Waals surface area (Å²) in [5, 5.41) is 16.9. The molecule has 5 aromatic heterocycles. The quantitative estimate of drug-likeness (QED) is 0.224. The molecule has 7 heterocycles. The number of piperidine rings is 2. The highest BCUT2D eigenvalue weighted by molar-refractivity contribution is 7.17. The smallest absolute Gasteiger partial charge is 0.265 e. The lowest BCUT2D eigenvalue weighted by Crippen LogP contribution is -2.53. The number of thiazole rings is 1. The highest BCUT2D eigenvalue weighted by Gasteiger charge is 2.42. The predicted molar refractivity (Wildman–Crippen MR) is 202 cm³/mol. The Hall–Kier alpha value is -4.98. The van der Waals surface area contributed by atoms with Gasteiger partial charge in [0.15, 0.2) is 5.65 Å². The second-order valence-electron chi connectivity index (χ2n) is 13.9. The number of nitrogens with zero attached hydrogens (tertiary/aromatic N) is 7. The van der Waals surface area contributed by atoms with E-state index in [0.29, 0.717) is 67.0 Å². The van der Waals surface area contributed by atoms with Crippen LogP contribution in [0.4, 0.5) is 0 Å². The van der Waals surface area contributed by atoms with E-state index in [-0.39, 0.29) is 35.8 Å². The zero-order valence-electron chi connectivity index (χ0n) is 29.0. The van der Waals surface area contributed by atoms with Crippen molar-refractivity contribution in [2.24, 2.45) is 5.92 Å². The van der Waals surface area contributed by atoms with Gasteiger partial charge in [0, 0.05) is 67.0 Å². The molecule has 2 aliphatic rings. The van der Waals surface area contributed by atoms with Crippen molar-refractivity contribution in [3.63, 3.8) is 0 Å². The average molecular weight is 734 g/mol. The first-order chi connectivity index (χ1) is 25.2. The van der Waals surface area contributed by atoms with Crippen LogP contribution in [-0.2, 0) is 11.3 Å². The second-order valence-corrected chi connectivity index (χ2v) is 15.7. The summed E-state index contributed by atoms with van der Waals surface area (Å²) in [5.41, 5.74) is 3.70. The largest absolute Gasteiger partial charge is 0.388 e. The van der Waals surface area contributed by atoms with Gasteiger partial charge in [-0.25, -0.2) is 9.97 Å². The van der Waals surface area contributed by atoms with Gasteiger partial charge in [-0.15, -0.1) is 11.3 Å². The monoisotopic (exact) mass is 733 g/mol. The molecule has 0 radical (unpaired) electrons. The minimum Gasteiger partial charge on any atom is -0.388 e. The molecule has 0 bridgehead atoms. The van der Waals surface area contributed by atoms with E-state index in [1.165, 1.54) is 22.2 Å². The van der Waals surface area contributed by atoms with Gasteiger partial charge in [-0.3, -0.25) is 23.9 Å². The van der Waals surface area contributed by atoms with E-state index in [4.69, 9.17) is 4.98 Å². The van der Waals surface area contributed by atoms with Crippen LogP contribution in [-0.4, -0.2) is 82.6 Å². The van der Waals surface area contributed by atoms with Crippen molar-refractivity contribution in [1.29, 1.82) is 0 Å². The Kier molecular flexibility index (Phi) is 9.10. The summed E-state index contributed by atoms with van der Waals surface area (Å²) >= 11 is 2.96. The predicted octanol–water partition coefficient (Wildman–Crippen LogP) is 5.68. The number of likely N-dealkylation sites (tertiary alicyclic amines) is 2. The number of aromatic nitrogens is 5. The van der Waals surface area contributed by atoms with Crippen LogP contribution in [0.3, 0.4) is 0 Å². The van der Waals surface area contributed by atoms with Crippen molar-refractivity contribution in [1.82, 2.24) is 33.9 Å². The van der Waals surface area contributed by atoms with Crippen LogP contribution < -0.4 is 5.56 Å². The second kappa shape index (κ2) is 13.9. The number of amides is 2.